The van der Waals surface area contributed by atoms with Crippen LogP contribution in [0.4, 0.5) is 0 Å². The van der Waals surface area contributed by atoms with Gasteiger partial charge in [-0.05, 0) is 32.2 Å². The first-order valence-electron chi connectivity index (χ1n) is 4.97. The van der Waals surface area contributed by atoms with Crippen LogP contribution >= 0.6 is 11.6 Å². The fraction of sp³-hybridized carbons (Fsp3) is 0.273. The zero-order valence-corrected chi connectivity index (χ0v) is 9.82. The SMILES string of the molecule is CNC(C)n1cnc2cc(Cl)ccc2c1=O. The van der Waals surface area contributed by atoms with Gasteiger partial charge in [-0.2, -0.15) is 0 Å². The van der Waals surface area contributed by atoms with Gasteiger partial charge in [0.05, 0.1) is 23.4 Å². The molecule has 5 heteroatoms. The number of nitrogens with one attached hydrogen (secondary N) is 1. The molecule has 2 rings (SSSR count). The third kappa shape index (κ3) is 1.81. The molecule has 0 aliphatic rings. The van der Waals surface area contributed by atoms with Gasteiger partial charge in [-0.25, -0.2) is 4.98 Å². The number of benzene rings is 1. The molecule has 1 aromatic heterocycles. The first-order valence-corrected chi connectivity index (χ1v) is 5.35. The van der Waals surface area contributed by atoms with Crippen LogP contribution < -0.4 is 10.9 Å². The van der Waals surface area contributed by atoms with Crippen LogP contribution in [0.5, 0.6) is 0 Å². The number of fused-ring (bicyclic) bond motifs is 1. The zero-order chi connectivity index (χ0) is 11.7. The number of hydrogen-bond acceptors (Lipinski definition) is 3. The Morgan fingerprint density at radius 3 is 2.94 bits per heavy atom. The molecule has 4 nitrogen and oxygen atoms in total. The predicted octanol–water partition coefficient (Wildman–Crippen LogP) is 1.79. The van der Waals surface area contributed by atoms with Gasteiger partial charge in [-0.3, -0.25) is 9.36 Å². The van der Waals surface area contributed by atoms with E-state index in [9.17, 15) is 4.79 Å². The van der Waals surface area contributed by atoms with Gasteiger partial charge in [0.25, 0.3) is 5.56 Å². The Morgan fingerprint density at radius 2 is 2.25 bits per heavy atom. The minimum atomic E-state index is -0.0833. The van der Waals surface area contributed by atoms with Crippen molar-refractivity contribution in [3.8, 4) is 0 Å². The summed E-state index contributed by atoms with van der Waals surface area (Å²) in [5.74, 6) is 0. The number of rotatable bonds is 2. The summed E-state index contributed by atoms with van der Waals surface area (Å²) < 4.78 is 1.55. The molecule has 1 heterocycles. The maximum Gasteiger partial charge on any atom is 0.262 e. The number of nitrogens with zero attached hydrogens (tertiary/aromatic N) is 2. The van der Waals surface area contributed by atoms with E-state index in [2.05, 4.69) is 10.3 Å². The second-order valence-corrected chi connectivity index (χ2v) is 4.02. The van der Waals surface area contributed by atoms with Gasteiger partial charge in [0.2, 0.25) is 0 Å². The molecule has 84 valence electrons. The van der Waals surface area contributed by atoms with E-state index in [1.54, 1.807) is 29.8 Å². The lowest BCUT2D eigenvalue weighted by molar-refractivity contribution is 0.460. The van der Waals surface area contributed by atoms with Crippen LogP contribution in [0, 0.1) is 0 Å². The molecule has 1 unspecified atom stereocenters. The molecule has 0 aliphatic carbocycles. The van der Waals surface area contributed by atoms with E-state index >= 15 is 0 Å². The second kappa shape index (κ2) is 4.23. The minimum absolute atomic E-state index is 0.0662. The van der Waals surface area contributed by atoms with Crippen molar-refractivity contribution in [2.24, 2.45) is 0 Å². The van der Waals surface area contributed by atoms with Gasteiger partial charge in [-0.1, -0.05) is 11.6 Å². The Balaban J connectivity index is 2.71. The van der Waals surface area contributed by atoms with Crippen molar-refractivity contribution in [2.45, 2.75) is 13.1 Å². The van der Waals surface area contributed by atoms with Crippen LogP contribution in [-0.2, 0) is 0 Å². The Bertz CT molecular complexity index is 579. The molecule has 0 spiro atoms. The summed E-state index contributed by atoms with van der Waals surface area (Å²) in [6.45, 7) is 1.89. The van der Waals surface area contributed by atoms with Crippen molar-refractivity contribution in [3.63, 3.8) is 0 Å². The quantitative estimate of drug-likeness (QED) is 0.866. The third-order valence-electron chi connectivity index (χ3n) is 2.58. The van der Waals surface area contributed by atoms with Gasteiger partial charge >= 0.3 is 0 Å². The normalized spacial score (nSPS) is 12.9. The molecular formula is C11H12ClN3O. The van der Waals surface area contributed by atoms with Crippen molar-refractivity contribution in [3.05, 3.63) is 39.9 Å². The number of halogens is 1. The third-order valence-corrected chi connectivity index (χ3v) is 2.82. The lowest BCUT2D eigenvalue weighted by atomic mass is 10.2. The number of aromatic nitrogens is 2. The van der Waals surface area contributed by atoms with Gasteiger partial charge < -0.3 is 5.32 Å². The van der Waals surface area contributed by atoms with E-state index in [0.29, 0.717) is 15.9 Å². The molecule has 0 saturated carbocycles. The largest absolute Gasteiger partial charge is 0.300 e. The molecular weight excluding hydrogens is 226 g/mol. The average Bonchev–Trinajstić information content (AvgIpc) is 2.28. The topological polar surface area (TPSA) is 46.9 Å². The zero-order valence-electron chi connectivity index (χ0n) is 9.07. The molecule has 0 bridgehead atoms. The van der Waals surface area contributed by atoms with Crippen molar-refractivity contribution in [1.29, 1.82) is 0 Å². The molecule has 16 heavy (non-hydrogen) atoms. The molecule has 0 radical (unpaired) electrons. The highest BCUT2D eigenvalue weighted by Crippen LogP contribution is 2.14. The van der Waals surface area contributed by atoms with E-state index in [1.165, 1.54) is 6.33 Å². The molecule has 1 N–H and O–H groups in total. The summed E-state index contributed by atoms with van der Waals surface area (Å²) >= 11 is 5.84. The summed E-state index contributed by atoms with van der Waals surface area (Å²) in [7, 11) is 1.79. The summed E-state index contributed by atoms with van der Waals surface area (Å²) in [6, 6.07) is 5.08. The summed E-state index contributed by atoms with van der Waals surface area (Å²) in [5.41, 5.74) is 0.556. The first-order chi connectivity index (χ1) is 7.63. The van der Waals surface area contributed by atoms with Crippen LogP contribution in [0.1, 0.15) is 13.1 Å². The van der Waals surface area contributed by atoms with E-state index in [0.717, 1.165) is 0 Å². The molecule has 0 fully saturated rings. The fourth-order valence-corrected chi connectivity index (χ4v) is 1.69. The number of hydrogen-bond donors (Lipinski definition) is 1. The van der Waals surface area contributed by atoms with E-state index in [4.69, 9.17) is 11.6 Å². The molecule has 1 atom stereocenters. The average molecular weight is 238 g/mol. The van der Waals surface area contributed by atoms with Gasteiger partial charge in [0.1, 0.15) is 0 Å². The Kier molecular flexibility index (Phi) is 2.94. The molecule has 0 amide bonds. The van der Waals surface area contributed by atoms with Crippen LogP contribution in [-0.4, -0.2) is 16.6 Å². The fourth-order valence-electron chi connectivity index (χ4n) is 1.52. The van der Waals surface area contributed by atoms with Crippen molar-refractivity contribution >= 4 is 22.5 Å². The molecule has 1 aromatic carbocycles. The smallest absolute Gasteiger partial charge is 0.262 e. The lowest BCUT2D eigenvalue weighted by Gasteiger charge is -2.13. The highest BCUT2D eigenvalue weighted by Gasteiger charge is 2.08. The highest BCUT2D eigenvalue weighted by molar-refractivity contribution is 6.31. The molecule has 0 aliphatic heterocycles. The maximum atomic E-state index is 12.1. The monoisotopic (exact) mass is 237 g/mol. The Hall–Kier alpha value is -1.39. The van der Waals surface area contributed by atoms with Crippen molar-refractivity contribution in [1.82, 2.24) is 14.9 Å². The van der Waals surface area contributed by atoms with Crippen LogP contribution in [0.2, 0.25) is 5.02 Å². The van der Waals surface area contributed by atoms with Gasteiger partial charge in [0.15, 0.2) is 0 Å². The van der Waals surface area contributed by atoms with Crippen LogP contribution in [0.3, 0.4) is 0 Å². The van der Waals surface area contributed by atoms with Crippen LogP contribution in [0.15, 0.2) is 29.3 Å². The Morgan fingerprint density at radius 1 is 1.50 bits per heavy atom. The van der Waals surface area contributed by atoms with Crippen molar-refractivity contribution < 1.29 is 0 Å². The lowest BCUT2D eigenvalue weighted by Crippen LogP contribution is -2.30. The summed E-state index contributed by atoms with van der Waals surface area (Å²) in [6.07, 6.45) is 1.45. The Labute approximate surface area is 97.9 Å². The second-order valence-electron chi connectivity index (χ2n) is 3.58. The van der Waals surface area contributed by atoms with Crippen LogP contribution in [0.25, 0.3) is 10.9 Å². The highest BCUT2D eigenvalue weighted by atomic mass is 35.5. The summed E-state index contributed by atoms with van der Waals surface area (Å²) in [4.78, 5) is 16.3. The van der Waals surface area contributed by atoms with E-state index in [1.807, 2.05) is 6.92 Å². The first kappa shape index (κ1) is 11.1. The van der Waals surface area contributed by atoms with E-state index in [-0.39, 0.29) is 11.7 Å². The predicted molar refractivity (Wildman–Crippen MR) is 64.8 cm³/mol. The summed E-state index contributed by atoms with van der Waals surface area (Å²) in [5, 5.41) is 4.16. The minimum Gasteiger partial charge on any atom is -0.300 e. The van der Waals surface area contributed by atoms with E-state index < -0.39 is 0 Å². The van der Waals surface area contributed by atoms with Gasteiger partial charge in [-0.15, -0.1) is 0 Å². The maximum absolute atomic E-state index is 12.1. The standard InChI is InChI=1S/C11H12ClN3O/c1-7(13-2)15-6-14-10-5-8(12)3-4-9(10)11(15)16/h3-7,13H,1-2H3. The molecule has 0 saturated heterocycles. The van der Waals surface area contributed by atoms with Crippen molar-refractivity contribution in [2.75, 3.05) is 7.05 Å². The molecule has 2 aromatic rings. The van der Waals surface area contributed by atoms with Gasteiger partial charge in [0, 0.05) is 5.02 Å².